The molecule has 0 aromatic rings. The van der Waals surface area contributed by atoms with Gasteiger partial charge >= 0.3 is 0 Å². The van der Waals surface area contributed by atoms with Gasteiger partial charge in [-0.2, -0.15) is 8.42 Å². The average molecular weight is 159 g/mol. The molecule has 1 aliphatic heterocycles. The molecule has 0 aliphatic carbocycles. The minimum Gasteiger partial charge on any atom is -0.383 e. The lowest BCUT2D eigenvalue weighted by Crippen LogP contribution is -2.23. The van der Waals surface area contributed by atoms with Crippen molar-refractivity contribution in [2.75, 3.05) is 0 Å². The number of hydrogen-bond donors (Lipinski definition) is 1. The molecule has 1 heterocycles. The van der Waals surface area contributed by atoms with Crippen LogP contribution in [0.25, 0.3) is 0 Å². The SMILES string of the molecule is CC1=CNC(C)C1=S(=O)=O. The fraction of sp³-hybridized carbons (Fsp3) is 0.500. The zero-order valence-corrected chi connectivity index (χ0v) is 6.70. The smallest absolute Gasteiger partial charge is 0.219 e. The predicted molar refractivity (Wildman–Crippen MR) is 40.3 cm³/mol. The molecule has 1 aliphatic rings. The average Bonchev–Trinajstić information content (AvgIpc) is 2.11. The second-order valence-corrected chi connectivity index (χ2v) is 3.22. The molecule has 0 spiro atoms. The van der Waals surface area contributed by atoms with E-state index in [9.17, 15) is 8.42 Å². The van der Waals surface area contributed by atoms with Gasteiger partial charge < -0.3 is 5.32 Å². The van der Waals surface area contributed by atoms with Crippen LogP contribution < -0.4 is 5.32 Å². The number of rotatable bonds is 0. The van der Waals surface area contributed by atoms with Crippen LogP contribution in [0.4, 0.5) is 0 Å². The molecule has 56 valence electrons. The Morgan fingerprint density at radius 2 is 2.20 bits per heavy atom. The van der Waals surface area contributed by atoms with Crippen LogP contribution >= 0.6 is 0 Å². The number of nitrogens with one attached hydrogen (secondary N) is 1. The van der Waals surface area contributed by atoms with E-state index in [2.05, 4.69) is 5.32 Å². The van der Waals surface area contributed by atoms with Crippen LogP contribution in [0.3, 0.4) is 0 Å². The van der Waals surface area contributed by atoms with Crippen molar-refractivity contribution in [1.82, 2.24) is 5.32 Å². The molecule has 1 N–H and O–H groups in total. The lowest BCUT2D eigenvalue weighted by atomic mass is 10.2. The zero-order chi connectivity index (χ0) is 7.72. The Labute approximate surface area is 61.3 Å². The zero-order valence-electron chi connectivity index (χ0n) is 5.88. The molecule has 0 fully saturated rings. The molecule has 0 bridgehead atoms. The van der Waals surface area contributed by atoms with E-state index in [0.717, 1.165) is 5.57 Å². The highest BCUT2D eigenvalue weighted by molar-refractivity contribution is 7.73. The Morgan fingerprint density at radius 3 is 2.40 bits per heavy atom. The van der Waals surface area contributed by atoms with Crippen LogP contribution in [0.15, 0.2) is 11.8 Å². The second-order valence-electron chi connectivity index (χ2n) is 2.31. The Bertz CT molecular complexity index is 292. The quantitative estimate of drug-likeness (QED) is 0.503. The highest BCUT2D eigenvalue weighted by Gasteiger charge is 2.18. The van der Waals surface area contributed by atoms with E-state index in [1.807, 2.05) is 6.92 Å². The van der Waals surface area contributed by atoms with Crippen molar-refractivity contribution in [3.63, 3.8) is 0 Å². The van der Waals surface area contributed by atoms with Gasteiger partial charge in [-0.25, -0.2) is 0 Å². The summed E-state index contributed by atoms with van der Waals surface area (Å²) in [5.41, 5.74) is 0.806. The van der Waals surface area contributed by atoms with Crippen molar-refractivity contribution < 1.29 is 8.42 Å². The third kappa shape index (κ3) is 1.07. The Hall–Kier alpha value is -0.770. The van der Waals surface area contributed by atoms with Gasteiger partial charge in [0.25, 0.3) is 0 Å². The first-order valence-electron chi connectivity index (χ1n) is 3.02. The van der Waals surface area contributed by atoms with Crippen LogP contribution in [0, 0.1) is 0 Å². The molecule has 1 unspecified atom stereocenters. The summed E-state index contributed by atoms with van der Waals surface area (Å²) in [6.45, 7) is 3.60. The van der Waals surface area contributed by atoms with E-state index in [-0.39, 0.29) is 6.04 Å². The van der Waals surface area contributed by atoms with Gasteiger partial charge in [-0.1, -0.05) is 0 Å². The standard InChI is InChI=1S/C6H9NO2S/c1-4-3-7-5(2)6(4)10(8)9/h3,5,7H,1-2H3. The molecule has 4 heteroatoms. The van der Waals surface area contributed by atoms with E-state index in [1.54, 1.807) is 13.1 Å². The van der Waals surface area contributed by atoms with Crippen LogP contribution in [0.1, 0.15) is 13.8 Å². The van der Waals surface area contributed by atoms with Crippen molar-refractivity contribution in [3.8, 4) is 0 Å². The third-order valence-electron chi connectivity index (χ3n) is 1.51. The van der Waals surface area contributed by atoms with Crippen molar-refractivity contribution in [3.05, 3.63) is 11.8 Å². The van der Waals surface area contributed by atoms with Crippen LogP contribution in [-0.2, 0) is 10.3 Å². The molecule has 0 radical (unpaired) electrons. The largest absolute Gasteiger partial charge is 0.383 e. The van der Waals surface area contributed by atoms with Gasteiger partial charge in [-0.05, 0) is 19.4 Å². The van der Waals surface area contributed by atoms with Gasteiger partial charge in [0.1, 0.15) is 0 Å². The summed E-state index contributed by atoms with van der Waals surface area (Å²) in [6.07, 6.45) is 1.72. The minimum atomic E-state index is -2.07. The molecule has 0 aromatic carbocycles. The summed E-state index contributed by atoms with van der Waals surface area (Å²) < 4.78 is 21.0. The molecule has 0 amide bonds. The molecule has 0 aromatic heterocycles. The first-order valence-corrected chi connectivity index (χ1v) is 4.09. The maximum Gasteiger partial charge on any atom is 0.219 e. The van der Waals surface area contributed by atoms with Gasteiger partial charge in [0.15, 0.2) is 0 Å². The van der Waals surface area contributed by atoms with Crippen LogP contribution in [-0.4, -0.2) is 19.3 Å². The molecular weight excluding hydrogens is 150 g/mol. The van der Waals surface area contributed by atoms with E-state index in [1.165, 1.54) is 0 Å². The van der Waals surface area contributed by atoms with Crippen molar-refractivity contribution in [1.29, 1.82) is 0 Å². The van der Waals surface area contributed by atoms with Gasteiger partial charge in [-0.15, -0.1) is 0 Å². The van der Waals surface area contributed by atoms with Crippen molar-refractivity contribution in [2.45, 2.75) is 19.9 Å². The van der Waals surface area contributed by atoms with E-state index < -0.39 is 10.3 Å². The molecular formula is C6H9NO2S. The van der Waals surface area contributed by atoms with Crippen LogP contribution in [0.2, 0.25) is 0 Å². The van der Waals surface area contributed by atoms with Crippen molar-refractivity contribution >= 4 is 15.2 Å². The maximum absolute atomic E-state index is 10.5. The van der Waals surface area contributed by atoms with Crippen molar-refractivity contribution in [2.24, 2.45) is 0 Å². The van der Waals surface area contributed by atoms with Gasteiger partial charge in [0, 0.05) is 6.20 Å². The summed E-state index contributed by atoms with van der Waals surface area (Å²) in [7, 11) is -2.07. The summed E-state index contributed by atoms with van der Waals surface area (Å²) in [5, 5.41) is 2.91. The monoisotopic (exact) mass is 159 g/mol. The molecule has 1 rings (SSSR count). The molecule has 10 heavy (non-hydrogen) atoms. The fourth-order valence-corrected chi connectivity index (χ4v) is 1.69. The summed E-state index contributed by atoms with van der Waals surface area (Å²) in [6, 6.07) is -0.0571. The minimum absolute atomic E-state index is 0.0571. The predicted octanol–water partition coefficient (Wildman–Crippen LogP) is -0.0666. The topological polar surface area (TPSA) is 46.2 Å². The highest BCUT2D eigenvalue weighted by atomic mass is 32.2. The van der Waals surface area contributed by atoms with E-state index in [0.29, 0.717) is 4.86 Å². The molecule has 0 saturated carbocycles. The van der Waals surface area contributed by atoms with Gasteiger partial charge in [-0.3, -0.25) is 0 Å². The Kier molecular flexibility index (Phi) is 1.80. The molecule has 0 saturated heterocycles. The Balaban J connectivity index is 3.20. The maximum atomic E-state index is 10.5. The van der Waals surface area contributed by atoms with Gasteiger partial charge in [0.2, 0.25) is 10.3 Å². The van der Waals surface area contributed by atoms with Gasteiger partial charge in [0.05, 0.1) is 10.9 Å². The lowest BCUT2D eigenvalue weighted by molar-refractivity contribution is 0.626. The number of hydrogen-bond acceptors (Lipinski definition) is 3. The summed E-state index contributed by atoms with van der Waals surface area (Å²) in [4.78, 5) is 0.472. The summed E-state index contributed by atoms with van der Waals surface area (Å²) in [5.74, 6) is 0. The first-order chi connectivity index (χ1) is 4.63. The van der Waals surface area contributed by atoms with Crippen LogP contribution in [0.5, 0.6) is 0 Å². The van der Waals surface area contributed by atoms with E-state index >= 15 is 0 Å². The second kappa shape index (κ2) is 2.46. The van der Waals surface area contributed by atoms with E-state index in [4.69, 9.17) is 0 Å². The molecule has 1 atom stereocenters. The first kappa shape index (κ1) is 7.34. The lowest BCUT2D eigenvalue weighted by Gasteiger charge is -2.00. The fourth-order valence-electron chi connectivity index (χ4n) is 1.01. The normalized spacial score (nSPS) is 24.0. The highest BCUT2D eigenvalue weighted by Crippen LogP contribution is 2.06. The Morgan fingerprint density at radius 1 is 1.60 bits per heavy atom. The summed E-state index contributed by atoms with van der Waals surface area (Å²) >= 11 is 0. The third-order valence-corrected chi connectivity index (χ3v) is 2.55. The molecule has 3 nitrogen and oxygen atoms in total.